The smallest absolute Gasteiger partial charge is 0.142 e. The molecule has 1 atom stereocenters. The lowest BCUT2D eigenvalue weighted by Crippen LogP contribution is -1.93. The van der Waals surface area contributed by atoms with Gasteiger partial charge in [0.2, 0.25) is 0 Å². The Morgan fingerprint density at radius 3 is 2.42 bits per heavy atom. The Balaban J connectivity index is 2.24. The van der Waals surface area contributed by atoms with Crippen LogP contribution in [0.5, 0.6) is 11.5 Å². The Labute approximate surface area is 123 Å². The van der Waals surface area contributed by atoms with Crippen molar-refractivity contribution in [3.63, 3.8) is 0 Å². The summed E-state index contributed by atoms with van der Waals surface area (Å²) in [6.07, 6.45) is -0.566. The maximum Gasteiger partial charge on any atom is 0.142 e. The fourth-order valence-corrected chi connectivity index (χ4v) is 2.45. The van der Waals surface area contributed by atoms with Crippen molar-refractivity contribution >= 4 is 27.5 Å². The van der Waals surface area contributed by atoms with Gasteiger partial charge in [0.15, 0.2) is 0 Å². The minimum atomic E-state index is -0.566. The van der Waals surface area contributed by atoms with Crippen LogP contribution in [0, 0.1) is 5.82 Å². The fraction of sp³-hybridized carbons (Fsp3) is 0.143. The Kier molecular flexibility index (Phi) is 4.45. The molecule has 19 heavy (non-hydrogen) atoms. The molecule has 1 N–H and O–H groups in total. The first-order valence-electron chi connectivity index (χ1n) is 5.58. The molecule has 0 radical (unpaired) electrons. The van der Waals surface area contributed by atoms with Gasteiger partial charge in [0.05, 0.1) is 11.1 Å². The molecule has 0 spiro atoms. The quantitative estimate of drug-likeness (QED) is 0.840. The first-order valence-corrected chi connectivity index (χ1v) is 6.75. The molecule has 0 aliphatic rings. The minimum Gasteiger partial charge on any atom is -0.457 e. The van der Waals surface area contributed by atoms with Gasteiger partial charge >= 0.3 is 0 Å². The van der Waals surface area contributed by atoms with Gasteiger partial charge in [-0.2, -0.15) is 0 Å². The van der Waals surface area contributed by atoms with Crippen molar-refractivity contribution in [2.45, 2.75) is 13.0 Å². The standard InChI is InChI=1S/C14H11BrClFO2/c1-8(18)11-4-2-9(6-12(11)15)19-10-3-5-14(17)13(16)7-10/h2-8,18H,1H3/t8-/m0/s1. The normalized spacial score (nSPS) is 12.3. The van der Waals surface area contributed by atoms with E-state index in [0.29, 0.717) is 11.5 Å². The summed E-state index contributed by atoms with van der Waals surface area (Å²) in [6.45, 7) is 1.68. The van der Waals surface area contributed by atoms with E-state index < -0.39 is 11.9 Å². The van der Waals surface area contributed by atoms with E-state index >= 15 is 0 Å². The van der Waals surface area contributed by atoms with E-state index in [1.807, 2.05) is 0 Å². The summed E-state index contributed by atoms with van der Waals surface area (Å²) in [4.78, 5) is 0. The summed E-state index contributed by atoms with van der Waals surface area (Å²) >= 11 is 9.04. The van der Waals surface area contributed by atoms with Crippen LogP contribution in [-0.4, -0.2) is 5.11 Å². The molecule has 0 amide bonds. The van der Waals surface area contributed by atoms with Crippen LogP contribution in [0.25, 0.3) is 0 Å². The fourth-order valence-electron chi connectivity index (χ4n) is 1.59. The molecular weight excluding hydrogens is 335 g/mol. The SMILES string of the molecule is C[C@H](O)c1ccc(Oc2ccc(F)c(Cl)c2)cc1Br. The lowest BCUT2D eigenvalue weighted by atomic mass is 10.1. The molecule has 2 aromatic carbocycles. The second-order valence-electron chi connectivity index (χ2n) is 4.04. The molecule has 0 saturated heterocycles. The van der Waals surface area contributed by atoms with Crippen LogP contribution in [0.1, 0.15) is 18.6 Å². The average molecular weight is 346 g/mol. The van der Waals surface area contributed by atoms with Crippen molar-refractivity contribution in [3.05, 3.63) is 57.3 Å². The van der Waals surface area contributed by atoms with Crippen LogP contribution in [0.3, 0.4) is 0 Å². The minimum absolute atomic E-state index is 0.0113. The van der Waals surface area contributed by atoms with Gasteiger partial charge in [-0.15, -0.1) is 0 Å². The zero-order chi connectivity index (χ0) is 14.0. The zero-order valence-electron chi connectivity index (χ0n) is 10.0. The van der Waals surface area contributed by atoms with Crippen LogP contribution in [0.15, 0.2) is 40.9 Å². The Morgan fingerprint density at radius 1 is 1.21 bits per heavy atom. The van der Waals surface area contributed by atoms with Gasteiger partial charge in [-0.25, -0.2) is 4.39 Å². The highest BCUT2D eigenvalue weighted by Crippen LogP contribution is 2.31. The second kappa shape index (κ2) is 5.90. The van der Waals surface area contributed by atoms with E-state index in [4.69, 9.17) is 16.3 Å². The first kappa shape index (κ1) is 14.3. The highest BCUT2D eigenvalue weighted by atomic mass is 79.9. The number of halogens is 3. The number of aliphatic hydroxyl groups excluding tert-OH is 1. The third kappa shape index (κ3) is 3.47. The van der Waals surface area contributed by atoms with Crippen LogP contribution in [-0.2, 0) is 0 Å². The molecule has 2 aromatic rings. The second-order valence-corrected chi connectivity index (χ2v) is 5.30. The van der Waals surface area contributed by atoms with Gasteiger partial charge in [0.25, 0.3) is 0 Å². The lowest BCUT2D eigenvalue weighted by Gasteiger charge is -2.11. The number of hydrogen-bond acceptors (Lipinski definition) is 2. The van der Waals surface area contributed by atoms with Gasteiger partial charge in [-0.3, -0.25) is 0 Å². The predicted octanol–water partition coefficient (Wildman–Crippen LogP) is 5.09. The van der Waals surface area contributed by atoms with E-state index in [2.05, 4.69) is 15.9 Å². The predicted molar refractivity (Wildman–Crippen MR) is 76.3 cm³/mol. The zero-order valence-corrected chi connectivity index (χ0v) is 12.4. The largest absolute Gasteiger partial charge is 0.457 e. The first-order chi connectivity index (χ1) is 8.97. The molecule has 0 aromatic heterocycles. The van der Waals surface area contributed by atoms with Crippen molar-refractivity contribution in [2.75, 3.05) is 0 Å². The monoisotopic (exact) mass is 344 g/mol. The molecule has 2 nitrogen and oxygen atoms in total. The maximum atomic E-state index is 13.0. The van der Waals surface area contributed by atoms with Crippen molar-refractivity contribution < 1.29 is 14.2 Å². The van der Waals surface area contributed by atoms with E-state index in [1.165, 1.54) is 18.2 Å². The van der Waals surface area contributed by atoms with E-state index in [1.54, 1.807) is 25.1 Å². The number of rotatable bonds is 3. The summed E-state index contributed by atoms with van der Waals surface area (Å²) in [5.74, 6) is 0.529. The molecule has 5 heteroatoms. The van der Waals surface area contributed by atoms with Gasteiger partial charge in [0.1, 0.15) is 17.3 Å². The number of ether oxygens (including phenoxy) is 1. The highest BCUT2D eigenvalue weighted by molar-refractivity contribution is 9.10. The highest BCUT2D eigenvalue weighted by Gasteiger charge is 2.08. The molecular formula is C14H11BrClFO2. The van der Waals surface area contributed by atoms with Gasteiger partial charge in [0, 0.05) is 10.5 Å². The third-order valence-electron chi connectivity index (χ3n) is 2.55. The Morgan fingerprint density at radius 2 is 1.84 bits per heavy atom. The lowest BCUT2D eigenvalue weighted by molar-refractivity contribution is 0.198. The van der Waals surface area contributed by atoms with Crippen LogP contribution >= 0.6 is 27.5 Å². The maximum absolute atomic E-state index is 13.0. The third-order valence-corrected chi connectivity index (χ3v) is 3.53. The van der Waals surface area contributed by atoms with Crippen LogP contribution in [0.4, 0.5) is 4.39 Å². The van der Waals surface area contributed by atoms with Gasteiger partial charge in [-0.05, 0) is 36.8 Å². The average Bonchev–Trinajstić information content (AvgIpc) is 2.33. The van der Waals surface area contributed by atoms with Crippen molar-refractivity contribution in [2.24, 2.45) is 0 Å². The Bertz CT molecular complexity index is 602. The van der Waals surface area contributed by atoms with E-state index in [9.17, 15) is 9.50 Å². The number of hydrogen-bond donors (Lipinski definition) is 1. The Hall–Kier alpha value is -1.10. The molecule has 0 saturated carbocycles. The van der Waals surface area contributed by atoms with Crippen molar-refractivity contribution in [1.82, 2.24) is 0 Å². The van der Waals surface area contributed by atoms with Crippen LogP contribution < -0.4 is 4.74 Å². The summed E-state index contributed by atoms with van der Waals surface area (Å²) < 4.78 is 19.3. The molecule has 2 rings (SSSR count). The molecule has 0 fully saturated rings. The van der Waals surface area contributed by atoms with Crippen LogP contribution in [0.2, 0.25) is 5.02 Å². The molecule has 0 unspecified atom stereocenters. The van der Waals surface area contributed by atoms with Gasteiger partial charge < -0.3 is 9.84 Å². The number of benzene rings is 2. The summed E-state index contributed by atoms with van der Waals surface area (Å²) in [7, 11) is 0. The topological polar surface area (TPSA) is 29.5 Å². The van der Waals surface area contributed by atoms with Crippen molar-refractivity contribution in [1.29, 1.82) is 0 Å². The van der Waals surface area contributed by atoms with E-state index in [0.717, 1.165) is 10.0 Å². The molecule has 0 heterocycles. The summed E-state index contributed by atoms with van der Waals surface area (Å²) in [5.41, 5.74) is 0.768. The number of aliphatic hydroxyl groups is 1. The van der Waals surface area contributed by atoms with Crippen molar-refractivity contribution in [3.8, 4) is 11.5 Å². The molecule has 0 bridgehead atoms. The van der Waals surface area contributed by atoms with Gasteiger partial charge in [-0.1, -0.05) is 33.6 Å². The molecule has 0 aliphatic carbocycles. The molecule has 0 aliphatic heterocycles. The summed E-state index contributed by atoms with van der Waals surface area (Å²) in [5, 5.41) is 9.53. The molecule has 100 valence electrons. The summed E-state index contributed by atoms with van der Waals surface area (Å²) in [6, 6.07) is 9.38. The van der Waals surface area contributed by atoms with E-state index in [-0.39, 0.29) is 5.02 Å².